The van der Waals surface area contributed by atoms with Crippen LogP contribution in [0.25, 0.3) is 0 Å². The van der Waals surface area contributed by atoms with Gasteiger partial charge in [-0.2, -0.15) is 0 Å². The summed E-state index contributed by atoms with van der Waals surface area (Å²) in [5.41, 5.74) is 1.56. The Morgan fingerprint density at radius 1 is 1.00 bits per heavy atom. The van der Waals surface area contributed by atoms with Crippen LogP contribution in [-0.2, 0) is 11.3 Å². The molecule has 0 radical (unpaired) electrons. The third kappa shape index (κ3) is 3.69. The first-order chi connectivity index (χ1) is 16.1. The zero-order valence-corrected chi connectivity index (χ0v) is 18.3. The van der Waals surface area contributed by atoms with Crippen molar-refractivity contribution in [3.8, 4) is 0 Å². The van der Waals surface area contributed by atoms with Gasteiger partial charge in [0.05, 0.1) is 17.1 Å². The minimum atomic E-state index is -0.811. The van der Waals surface area contributed by atoms with Crippen LogP contribution >= 0.6 is 0 Å². The molecule has 1 fully saturated rings. The Balaban J connectivity index is 1.63. The number of halogens is 1. The molecule has 3 aromatic rings. The number of anilines is 1. The van der Waals surface area contributed by atoms with Gasteiger partial charge >= 0.3 is 0 Å². The highest BCUT2D eigenvalue weighted by Gasteiger charge is 2.55. The topological polar surface area (TPSA) is 62.3 Å². The number of fused-ring (bicyclic) bond motifs is 1. The number of amides is 2. The number of aromatic nitrogens is 1. The van der Waals surface area contributed by atoms with Crippen molar-refractivity contribution in [1.82, 2.24) is 10.3 Å². The molecule has 1 spiro atoms. The van der Waals surface area contributed by atoms with Crippen molar-refractivity contribution >= 4 is 17.5 Å². The van der Waals surface area contributed by atoms with Gasteiger partial charge in [-0.1, -0.05) is 49.6 Å². The van der Waals surface area contributed by atoms with Gasteiger partial charge in [0.1, 0.15) is 5.82 Å². The average Bonchev–Trinajstić information content (AvgIpc) is 2.85. The monoisotopic (exact) mass is 443 g/mol. The molecule has 2 aromatic carbocycles. The van der Waals surface area contributed by atoms with Crippen LogP contribution in [0.4, 0.5) is 10.1 Å². The number of para-hydroxylation sites is 1. The molecule has 5 rings (SSSR count). The number of rotatable bonds is 4. The molecule has 1 atom stereocenters. The van der Waals surface area contributed by atoms with Crippen LogP contribution < -0.4 is 10.2 Å². The van der Waals surface area contributed by atoms with Crippen LogP contribution in [-0.4, -0.2) is 22.3 Å². The molecule has 1 aliphatic heterocycles. The van der Waals surface area contributed by atoms with E-state index < -0.39 is 17.3 Å². The number of carbonyl (C=O) groups is 2. The van der Waals surface area contributed by atoms with E-state index >= 15 is 4.39 Å². The second-order valence-corrected chi connectivity index (χ2v) is 8.85. The van der Waals surface area contributed by atoms with Crippen LogP contribution in [0.1, 0.15) is 59.5 Å². The lowest BCUT2D eigenvalue weighted by Crippen LogP contribution is -2.63. The summed E-state index contributed by atoms with van der Waals surface area (Å²) in [5, 5.41) is 3.08. The Morgan fingerprint density at radius 3 is 2.45 bits per heavy atom. The summed E-state index contributed by atoms with van der Waals surface area (Å²) in [5.74, 6) is -1.43. The smallest absolute Gasteiger partial charge is 0.259 e. The van der Waals surface area contributed by atoms with E-state index in [2.05, 4.69) is 10.3 Å². The number of nitrogens with one attached hydrogen (secondary N) is 1. The van der Waals surface area contributed by atoms with Crippen molar-refractivity contribution in [3.63, 3.8) is 0 Å². The summed E-state index contributed by atoms with van der Waals surface area (Å²) < 4.78 is 15.1. The molecule has 6 heteroatoms. The largest absolute Gasteiger partial charge is 0.351 e. The molecule has 0 unspecified atom stereocenters. The van der Waals surface area contributed by atoms with Crippen molar-refractivity contribution < 1.29 is 14.0 Å². The number of hydrogen-bond acceptors (Lipinski definition) is 3. The zero-order valence-electron chi connectivity index (χ0n) is 18.3. The fourth-order valence-electron chi connectivity index (χ4n) is 5.52. The molecule has 1 N–H and O–H groups in total. The van der Waals surface area contributed by atoms with E-state index in [0.717, 1.165) is 30.4 Å². The molecule has 168 valence electrons. The third-order valence-corrected chi connectivity index (χ3v) is 6.98. The zero-order chi connectivity index (χ0) is 22.8. The molecule has 2 heterocycles. The van der Waals surface area contributed by atoms with E-state index in [1.807, 2.05) is 24.3 Å². The Hall–Kier alpha value is -3.54. The van der Waals surface area contributed by atoms with Crippen LogP contribution in [0.5, 0.6) is 0 Å². The molecule has 33 heavy (non-hydrogen) atoms. The number of nitrogens with zero attached hydrogens (tertiary/aromatic N) is 2. The molecular weight excluding hydrogens is 417 g/mol. The van der Waals surface area contributed by atoms with Gasteiger partial charge in [-0.3, -0.25) is 19.5 Å². The SMILES string of the molecule is O=C(NCc1ccncc1)[C@H]1c2ccccc2C(=O)N(c2ccccc2F)C12CCCCC2. The second-order valence-electron chi connectivity index (χ2n) is 8.85. The molecular formula is C27H26FN3O2. The Morgan fingerprint density at radius 2 is 1.70 bits per heavy atom. The molecule has 2 amide bonds. The highest BCUT2D eigenvalue weighted by Crippen LogP contribution is 2.51. The van der Waals surface area contributed by atoms with Crippen molar-refractivity contribution in [2.45, 2.75) is 50.1 Å². The molecule has 5 nitrogen and oxygen atoms in total. The van der Waals surface area contributed by atoms with Crippen molar-refractivity contribution in [2.24, 2.45) is 0 Å². The maximum Gasteiger partial charge on any atom is 0.259 e. The molecule has 1 aliphatic carbocycles. The summed E-state index contributed by atoms with van der Waals surface area (Å²) in [4.78, 5) is 33.3. The lowest BCUT2D eigenvalue weighted by Gasteiger charge is -2.53. The van der Waals surface area contributed by atoms with Crippen LogP contribution in [0, 0.1) is 5.82 Å². The van der Waals surface area contributed by atoms with Crippen molar-refractivity contribution in [3.05, 3.63) is 95.6 Å². The fourth-order valence-corrected chi connectivity index (χ4v) is 5.52. The van der Waals surface area contributed by atoms with Crippen molar-refractivity contribution in [1.29, 1.82) is 0 Å². The normalized spacial score (nSPS) is 19.2. The van der Waals surface area contributed by atoms with Gasteiger partial charge in [0.25, 0.3) is 5.91 Å². The summed E-state index contributed by atoms with van der Waals surface area (Å²) >= 11 is 0. The Bertz CT molecular complexity index is 1170. The summed E-state index contributed by atoms with van der Waals surface area (Å²) in [6.07, 6.45) is 7.48. The highest BCUT2D eigenvalue weighted by atomic mass is 19.1. The standard InChI is InChI=1S/C27H26FN3O2/c28-22-10-4-5-11-23(22)31-26(33)21-9-3-2-8-20(21)24(27(31)14-6-1-7-15-27)25(32)30-18-19-12-16-29-17-13-19/h2-5,8-13,16-17,24H,1,6-7,14-15,18H2,(H,30,32)/t24-/m1/s1. The molecule has 1 saturated carbocycles. The van der Waals surface area contributed by atoms with Gasteiger partial charge in [-0.05, 0) is 54.3 Å². The Labute approximate surface area is 192 Å². The minimum Gasteiger partial charge on any atom is -0.351 e. The lowest BCUT2D eigenvalue weighted by atomic mass is 9.65. The maximum absolute atomic E-state index is 15.1. The van der Waals surface area contributed by atoms with Gasteiger partial charge < -0.3 is 5.32 Å². The number of pyridine rings is 1. The fraction of sp³-hybridized carbons (Fsp3) is 0.296. The number of carbonyl (C=O) groups excluding carboxylic acids is 2. The van der Waals surface area contributed by atoms with E-state index in [1.54, 1.807) is 47.6 Å². The van der Waals surface area contributed by atoms with E-state index in [4.69, 9.17) is 0 Å². The summed E-state index contributed by atoms with van der Waals surface area (Å²) in [6.45, 7) is 0.365. The average molecular weight is 444 g/mol. The van der Waals surface area contributed by atoms with Crippen LogP contribution in [0.15, 0.2) is 73.1 Å². The van der Waals surface area contributed by atoms with Crippen LogP contribution in [0.3, 0.4) is 0 Å². The van der Waals surface area contributed by atoms with E-state index in [0.29, 0.717) is 24.9 Å². The van der Waals surface area contributed by atoms with Gasteiger partial charge in [-0.25, -0.2) is 4.39 Å². The third-order valence-electron chi connectivity index (χ3n) is 6.98. The quantitative estimate of drug-likeness (QED) is 0.618. The van der Waals surface area contributed by atoms with Gasteiger partial charge in [0.15, 0.2) is 0 Å². The predicted octanol–water partition coefficient (Wildman–Crippen LogP) is 4.98. The first-order valence-corrected chi connectivity index (χ1v) is 11.5. The lowest BCUT2D eigenvalue weighted by molar-refractivity contribution is -0.124. The molecule has 1 aromatic heterocycles. The molecule has 2 aliphatic rings. The predicted molar refractivity (Wildman–Crippen MR) is 124 cm³/mol. The minimum absolute atomic E-state index is 0.144. The van der Waals surface area contributed by atoms with E-state index in [1.165, 1.54) is 6.07 Å². The maximum atomic E-state index is 15.1. The van der Waals surface area contributed by atoms with Gasteiger partial charge in [-0.15, -0.1) is 0 Å². The van der Waals surface area contributed by atoms with Crippen molar-refractivity contribution in [2.75, 3.05) is 4.90 Å². The summed E-state index contributed by atoms with van der Waals surface area (Å²) in [7, 11) is 0. The molecule has 0 saturated heterocycles. The van der Waals surface area contributed by atoms with Gasteiger partial charge in [0, 0.05) is 24.5 Å². The van der Waals surface area contributed by atoms with E-state index in [-0.39, 0.29) is 17.5 Å². The summed E-state index contributed by atoms with van der Waals surface area (Å²) in [6, 6.07) is 17.4. The first kappa shape index (κ1) is 21.3. The molecule has 0 bridgehead atoms. The first-order valence-electron chi connectivity index (χ1n) is 11.5. The number of benzene rings is 2. The Kier molecular flexibility index (Phi) is 5.67. The second kappa shape index (κ2) is 8.77. The number of hydrogen-bond donors (Lipinski definition) is 1. The van der Waals surface area contributed by atoms with Gasteiger partial charge in [0.2, 0.25) is 5.91 Å². The van der Waals surface area contributed by atoms with E-state index in [9.17, 15) is 9.59 Å². The van der Waals surface area contributed by atoms with Crippen LogP contribution in [0.2, 0.25) is 0 Å². The highest BCUT2D eigenvalue weighted by molar-refractivity contribution is 6.12.